The van der Waals surface area contributed by atoms with Gasteiger partial charge in [-0.2, -0.15) is 0 Å². The van der Waals surface area contributed by atoms with Crippen LogP contribution in [0.1, 0.15) is 11.1 Å². The Morgan fingerprint density at radius 1 is 1.33 bits per heavy atom. The van der Waals surface area contributed by atoms with Crippen molar-refractivity contribution in [3.8, 4) is 0 Å². The van der Waals surface area contributed by atoms with Gasteiger partial charge in [-0.1, -0.05) is 24.4 Å². The number of nitrogens with zero attached hydrogens (tertiary/aromatic N) is 3. The van der Waals surface area contributed by atoms with Crippen molar-refractivity contribution in [2.45, 2.75) is 6.92 Å². The Bertz CT molecular complexity index is 825. The van der Waals surface area contributed by atoms with E-state index < -0.39 is 0 Å². The van der Waals surface area contributed by atoms with E-state index in [0.29, 0.717) is 4.99 Å². The van der Waals surface area contributed by atoms with Crippen molar-refractivity contribution in [2.75, 3.05) is 11.9 Å². The maximum atomic E-state index is 5.70. The molecule has 4 nitrogen and oxygen atoms in total. The highest BCUT2D eigenvalue weighted by molar-refractivity contribution is 7.80. The smallest absolute Gasteiger partial charge is 0.154 e. The summed E-state index contributed by atoms with van der Waals surface area (Å²) < 4.78 is 1.08. The zero-order valence-corrected chi connectivity index (χ0v) is 13.3. The van der Waals surface area contributed by atoms with Gasteiger partial charge in [0.05, 0.1) is 10.2 Å². The van der Waals surface area contributed by atoms with Crippen LogP contribution < -0.4 is 10.6 Å². The topological polar surface area (TPSA) is 55.0 Å². The second-order valence-electron chi connectivity index (χ2n) is 4.77. The van der Waals surface area contributed by atoms with Crippen LogP contribution >= 0.6 is 23.6 Å². The van der Waals surface area contributed by atoms with Crippen LogP contribution in [0.25, 0.3) is 10.2 Å². The molecule has 0 bridgehead atoms. The second-order valence-corrected chi connectivity index (χ2v) is 6.09. The Kier molecular flexibility index (Phi) is 3.57. The van der Waals surface area contributed by atoms with E-state index in [-0.39, 0.29) is 0 Å². The van der Waals surface area contributed by atoms with Crippen molar-refractivity contribution >= 4 is 50.3 Å². The van der Waals surface area contributed by atoms with Crippen LogP contribution in [0.2, 0.25) is 0 Å². The Morgan fingerprint density at radius 2 is 2.14 bits per heavy atom. The van der Waals surface area contributed by atoms with Gasteiger partial charge in [0.15, 0.2) is 5.82 Å². The van der Waals surface area contributed by atoms with Crippen molar-refractivity contribution in [1.29, 1.82) is 0 Å². The molecule has 3 aromatic rings. The minimum atomic E-state index is 0.394. The normalized spacial score (nSPS) is 10.8. The highest BCUT2D eigenvalue weighted by Crippen LogP contribution is 2.33. The average molecular weight is 314 g/mol. The molecule has 0 aliphatic carbocycles. The van der Waals surface area contributed by atoms with Crippen molar-refractivity contribution < 1.29 is 0 Å². The van der Waals surface area contributed by atoms with Gasteiger partial charge in [-0.3, -0.25) is 0 Å². The van der Waals surface area contributed by atoms with Gasteiger partial charge in [0, 0.05) is 18.3 Å². The molecular weight excluding hydrogens is 300 g/mol. The Morgan fingerprint density at radius 3 is 2.90 bits per heavy atom. The summed E-state index contributed by atoms with van der Waals surface area (Å²) >= 11 is 6.70. The van der Waals surface area contributed by atoms with Crippen molar-refractivity contribution in [3.63, 3.8) is 0 Å². The second kappa shape index (κ2) is 5.38. The lowest BCUT2D eigenvalue weighted by molar-refractivity contribution is 1.11. The highest BCUT2D eigenvalue weighted by Gasteiger charge is 2.13. The van der Waals surface area contributed by atoms with Crippen molar-refractivity contribution in [3.05, 3.63) is 47.1 Å². The number of rotatable bonds is 3. The number of nitrogens with two attached hydrogens (primary N) is 1. The molecule has 6 heteroatoms. The van der Waals surface area contributed by atoms with Crippen LogP contribution in [0.3, 0.4) is 0 Å². The first kappa shape index (κ1) is 13.9. The summed E-state index contributed by atoms with van der Waals surface area (Å²) in [6.07, 6.45) is 1.60. The van der Waals surface area contributed by atoms with E-state index in [0.717, 1.165) is 27.3 Å². The van der Waals surface area contributed by atoms with Gasteiger partial charge in [-0.05, 0) is 30.0 Å². The predicted octanol–water partition coefficient (Wildman–Crippen LogP) is 3.40. The number of thiophene rings is 1. The van der Waals surface area contributed by atoms with Crippen LogP contribution in [-0.2, 0) is 0 Å². The van der Waals surface area contributed by atoms with E-state index in [4.69, 9.17) is 18.0 Å². The summed E-state index contributed by atoms with van der Waals surface area (Å²) in [5.41, 5.74) is 9.72. The van der Waals surface area contributed by atoms with Gasteiger partial charge in [0.1, 0.15) is 11.3 Å². The lowest BCUT2D eigenvalue weighted by atomic mass is 10.2. The maximum Gasteiger partial charge on any atom is 0.154 e. The van der Waals surface area contributed by atoms with Crippen LogP contribution in [-0.4, -0.2) is 22.0 Å². The number of aromatic nitrogens is 2. The SMILES string of the molecule is Cc1csc2c(N(C)c3cccc(C(N)=S)c3)ncnc12. The van der Waals surface area contributed by atoms with Gasteiger partial charge in [-0.25, -0.2) is 9.97 Å². The van der Waals surface area contributed by atoms with Gasteiger partial charge < -0.3 is 10.6 Å². The van der Waals surface area contributed by atoms with E-state index in [1.807, 2.05) is 36.2 Å². The number of fused-ring (bicyclic) bond motifs is 1. The summed E-state index contributed by atoms with van der Waals surface area (Å²) in [4.78, 5) is 11.2. The maximum absolute atomic E-state index is 5.70. The molecule has 0 amide bonds. The Labute approximate surface area is 132 Å². The van der Waals surface area contributed by atoms with E-state index >= 15 is 0 Å². The molecular formula is C15H14N4S2. The fraction of sp³-hybridized carbons (Fsp3) is 0.133. The van der Waals surface area contributed by atoms with Crippen LogP contribution in [0, 0.1) is 6.92 Å². The Balaban J connectivity index is 2.10. The molecule has 106 valence electrons. The first-order chi connectivity index (χ1) is 10.1. The molecule has 0 spiro atoms. The predicted molar refractivity (Wildman–Crippen MR) is 92.5 cm³/mol. The van der Waals surface area contributed by atoms with E-state index in [1.165, 1.54) is 5.56 Å². The summed E-state index contributed by atoms with van der Waals surface area (Å²) in [7, 11) is 1.98. The fourth-order valence-corrected chi connectivity index (χ4v) is 3.34. The molecule has 0 fully saturated rings. The molecule has 0 aliphatic heterocycles. The number of aryl methyl sites for hydroxylation is 1. The first-order valence-corrected chi connectivity index (χ1v) is 7.69. The largest absolute Gasteiger partial charge is 0.389 e. The van der Waals surface area contributed by atoms with Crippen LogP contribution in [0.4, 0.5) is 11.5 Å². The summed E-state index contributed by atoms with van der Waals surface area (Å²) in [6, 6.07) is 7.83. The molecule has 0 aliphatic rings. The Hall–Kier alpha value is -2.05. The number of thiocarbonyl (C=S) groups is 1. The molecule has 0 saturated heterocycles. The number of hydrogen-bond acceptors (Lipinski definition) is 5. The molecule has 0 radical (unpaired) electrons. The molecule has 21 heavy (non-hydrogen) atoms. The van der Waals surface area contributed by atoms with Crippen molar-refractivity contribution in [2.24, 2.45) is 5.73 Å². The molecule has 0 atom stereocenters. The summed E-state index contributed by atoms with van der Waals surface area (Å²) in [5, 5.41) is 2.10. The monoisotopic (exact) mass is 314 g/mol. The van der Waals surface area contributed by atoms with E-state index in [9.17, 15) is 0 Å². The quantitative estimate of drug-likeness (QED) is 0.751. The minimum absolute atomic E-state index is 0.394. The van der Waals surface area contributed by atoms with Gasteiger partial charge in [0.2, 0.25) is 0 Å². The summed E-state index contributed by atoms with van der Waals surface area (Å²) in [5.74, 6) is 0.887. The van der Waals surface area contributed by atoms with E-state index in [2.05, 4.69) is 22.3 Å². The molecule has 1 aromatic carbocycles. The molecule has 0 saturated carbocycles. The summed E-state index contributed by atoms with van der Waals surface area (Å²) in [6.45, 7) is 2.06. The van der Waals surface area contributed by atoms with E-state index in [1.54, 1.807) is 17.7 Å². The highest BCUT2D eigenvalue weighted by atomic mass is 32.1. The lowest BCUT2D eigenvalue weighted by Crippen LogP contribution is -2.14. The zero-order valence-electron chi connectivity index (χ0n) is 11.7. The third-order valence-corrected chi connectivity index (χ3v) is 4.67. The molecule has 3 rings (SSSR count). The molecule has 0 unspecified atom stereocenters. The van der Waals surface area contributed by atoms with Crippen LogP contribution in [0.5, 0.6) is 0 Å². The third-order valence-electron chi connectivity index (χ3n) is 3.35. The number of hydrogen-bond donors (Lipinski definition) is 1. The minimum Gasteiger partial charge on any atom is -0.389 e. The molecule has 2 N–H and O–H groups in total. The standard InChI is InChI=1S/C15H14N4S2/c1-9-7-21-13-12(9)17-8-18-15(13)19(2)11-5-3-4-10(6-11)14(16)20/h3-8H,1-2H3,(H2,16,20). The molecule has 2 heterocycles. The average Bonchev–Trinajstić information content (AvgIpc) is 2.88. The zero-order chi connectivity index (χ0) is 15.0. The number of benzene rings is 1. The van der Waals surface area contributed by atoms with Crippen LogP contribution in [0.15, 0.2) is 36.0 Å². The van der Waals surface area contributed by atoms with Gasteiger partial charge in [-0.15, -0.1) is 11.3 Å². The van der Waals surface area contributed by atoms with Crippen molar-refractivity contribution in [1.82, 2.24) is 9.97 Å². The lowest BCUT2D eigenvalue weighted by Gasteiger charge is -2.19. The van der Waals surface area contributed by atoms with Gasteiger partial charge in [0.25, 0.3) is 0 Å². The third kappa shape index (κ3) is 2.48. The first-order valence-electron chi connectivity index (χ1n) is 6.40. The number of anilines is 2. The van der Waals surface area contributed by atoms with Gasteiger partial charge >= 0.3 is 0 Å². The molecule has 2 aromatic heterocycles. The fourth-order valence-electron chi connectivity index (χ4n) is 2.19.